The average Bonchev–Trinajstić information content (AvgIpc) is 2.48. The van der Waals surface area contributed by atoms with E-state index in [1.54, 1.807) is 11.0 Å². The van der Waals surface area contributed by atoms with Crippen LogP contribution < -0.4 is 0 Å². The van der Waals surface area contributed by atoms with Gasteiger partial charge in [0.1, 0.15) is 0 Å². The van der Waals surface area contributed by atoms with E-state index in [1.807, 2.05) is 6.92 Å². The molecule has 0 atom stereocenters. The lowest BCUT2D eigenvalue weighted by Gasteiger charge is -2.31. The number of hydrogen-bond donors (Lipinski definition) is 0. The Morgan fingerprint density at radius 3 is 2.11 bits per heavy atom. The van der Waals surface area contributed by atoms with E-state index < -0.39 is 0 Å². The quantitative estimate of drug-likeness (QED) is 0.534. The summed E-state index contributed by atoms with van der Waals surface area (Å²) < 4.78 is 16.2. The van der Waals surface area contributed by atoms with Crippen molar-refractivity contribution in [3.05, 3.63) is 12.0 Å². The van der Waals surface area contributed by atoms with Crippen LogP contribution in [0.1, 0.15) is 6.92 Å². The second-order valence-corrected chi connectivity index (χ2v) is 4.45. The fraction of sp³-hybridized carbons (Fsp3) is 0.769. The molecule has 19 heavy (non-hydrogen) atoms. The molecule has 108 valence electrons. The van der Waals surface area contributed by atoms with Crippen LogP contribution in [0.15, 0.2) is 12.0 Å². The van der Waals surface area contributed by atoms with Crippen molar-refractivity contribution >= 4 is 5.91 Å². The molecule has 0 unspecified atom stereocenters. The predicted octanol–water partition coefficient (Wildman–Crippen LogP) is 0.0553. The molecule has 0 aliphatic carbocycles. The van der Waals surface area contributed by atoms with Gasteiger partial charge in [0.15, 0.2) is 5.88 Å². The van der Waals surface area contributed by atoms with Gasteiger partial charge in [-0.2, -0.15) is 0 Å². The minimum atomic E-state index is -0.00163. The molecule has 2 fully saturated rings. The van der Waals surface area contributed by atoms with Gasteiger partial charge in [-0.3, -0.25) is 4.79 Å². The lowest BCUT2D eigenvalue weighted by Crippen LogP contribution is -2.41. The van der Waals surface area contributed by atoms with Crippen LogP contribution >= 0.6 is 0 Å². The second-order valence-electron chi connectivity index (χ2n) is 4.45. The van der Waals surface area contributed by atoms with Crippen molar-refractivity contribution in [1.82, 2.24) is 9.80 Å². The summed E-state index contributed by atoms with van der Waals surface area (Å²) in [5.41, 5.74) is 0. The molecule has 2 heterocycles. The van der Waals surface area contributed by atoms with Gasteiger partial charge in [0.05, 0.1) is 39.1 Å². The number of carbonyl (C=O) groups is 1. The maximum Gasteiger partial charge on any atom is 0.252 e. The smallest absolute Gasteiger partial charge is 0.252 e. The van der Waals surface area contributed by atoms with Crippen molar-refractivity contribution in [2.24, 2.45) is 0 Å². The van der Waals surface area contributed by atoms with Crippen LogP contribution in [0, 0.1) is 0 Å². The van der Waals surface area contributed by atoms with Gasteiger partial charge in [0.2, 0.25) is 0 Å². The summed E-state index contributed by atoms with van der Waals surface area (Å²) in [5, 5.41) is 0. The molecule has 6 nitrogen and oxygen atoms in total. The fourth-order valence-electron chi connectivity index (χ4n) is 2.14. The Morgan fingerprint density at radius 2 is 1.58 bits per heavy atom. The Kier molecular flexibility index (Phi) is 5.47. The average molecular weight is 270 g/mol. The molecule has 2 saturated heterocycles. The van der Waals surface area contributed by atoms with E-state index in [4.69, 9.17) is 14.2 Å². The van der Waals surface area contributed by atoms with E-state index in [2.05, 4.69) is 4.90 Å². The van der Waals surface area contributed by atoms with Crippen LogP contribution in [-0.2, 0) is 19.0 Å². The van der Waals surface area contributed by atoms with E-state index in [0.29, 0.717) is 52.0 Å². The van der Waals surface area contributed by atoms with Gasteiger partial charge >= 0.3 is 0 Å². The number of hydrogen-bond acceptors (Lipinski definition) is 5. The van der Waals surface area contributed by atoms with E-state index >= 15 is 0 Å². The van der Waals surface area contributed by atoms with Crippen molar-refractivity contribution < 1.29 is 19.0 Å². The van der Waals surface area contributed by atoms with E-state index in [1.165, 1.54) is 0 Å². The second kappa shape index (κ2) is 7.35. The molecular weight excluding hydrogens is 248 g/mol. The Labute approximate surface area is 113 Å². The molecule has 0 spiro atoms. The zero-order chi connectivity index (χ0) is 13.5. The minimum Gasteiger partial charge on any atom is -0.479 e. The maximum atomic E-state index is 12.2. The summed E-state index contributed by atoms with van der Waals surface area (Å²) in [5.74, 6) is 0.653. The van der Waals surface area contributed by atoms with Crippen LogP contribution in [0.4, 0.5) is 0 Å². The van der Waals surface area contributed by atoms with Gasteiger partial charge in [-0.05, 0) is 6.92 Å². The first-order valence-corrected chi connectivity index (χ1v) is 6.85. The first-order chi connectivity index (χ1) is 9.31. The van der Waals surface area contributed by atoms with Crippen LogP contribution in [0.5, 0.6) is 0 Å². The number of ether oxygens (including phenoxy) is 3. The molecule has 1 amide bonds. The third-order valence-electron chi connectivity index (χ3n) is 3.18. The lowest BCUT2D eigenvalue weighted by atomic mass is 10.3. The number of rotatable bonds is 4. The summed E-state index contributed by atoms with van der Waals surface area (Å²) in [4.78, 5) is 16.0. The normalized spacial score (nSPS) is 21.4. The van der Waals surface area contributed by atoms with Crippen molar-refractivity contribution in [3.8, 4) is 0 Å². The highest BCUT2D eigenvalue weighted by molar-refractivity contribution is 5.88. The molecule has 0 saturated carbocycles. The Morgan fingerprint density at radius 1 is 1.05 bits per heavy atom. The molecule has 2 rings (SSSR count). The molecule has 2 aliphatic rings. The molecule has 0 aromatic rings. The van der Waals surface area contributed by atoms with E-state index in [0.717, 1.165) is 13.1 Å². The number of amides is 1. The van der Waals surface area contributed by atoms with E-state index in [9.17, 15) is 4.79 Å². The predicted molar refractivity (Wildman–Crippen MR) is 69.5 cm³/mol. The summed E-state index contributed by atoms with van der Waals surface area (Å²) in [6, 6.07) is 0. The first-order valence-electron chi connectivity index (χ1n) is 6.85. The van der Waals surface area contributed by atoms with Gasteiger partial charge < -0.3 is 24.0 Å². The largest absolute Gasteiger partial charge is 0.479 e. The molecule has 0 N–H and O–H groups in total. The molecular formula is C13H22N2O4. The zero-order valence-electron chi connectivity index (χ0n) is 11.5. The van der Waals surface area contributed by atoms with Crippen LogP contribution in [0.25, 0.3) is 0 Å². The SMILES string of the molecule is CCOC(=CC(=O)N1CCOCC1)N1CCOCC1. The third-order valence-corrected chi connectivity index (χ3v) is 3.18. The number of carbonyl (C=O) groups excluding carboxylic acids is 1. The third kappa shape index (κ3) is 4.11. The monoisotopic (exact) mass is 270 g/mol. The molecule has 0 radical (unpaired) electrons. The Hall–Kier alpha value is -1.27. The summed E-state index contributed by atoms with van der Waals surface area (Å²) in [7, 11) is 0. The highest BCUT2D eigenvalue weighted by Gasteiger charge is 2.20. The van der Waals surface area contributed by atoms with E-state index in [-0.39, 0.29) is 5.91 Å². The van der Waals surface area contributed by atoms with Crippen molar-refractivity contribution in [2.75, 3.05) is 59.2 Å². The summed E-state index contributed by atoms with van der Waals surface area (Å²) in [6.07, 6.45) is 1.60. The van der Waals surface area contributed by atoms with Gasteiger partial charge in [0, 0.05) is 26.2 Å². The van der Waals surface area contributed by atoms with Gasteiger partial charge in [0.25, 0.3) is 5.91 Å². The molecule has 0 aromatic carbocycles. The highest BCUT2D eigenvalue weighted by atomic mass is 16.5. The standard InChI is InChI=1S/C13H22N2O4/c1-2-19-13(15-5-9-18-10-6-15)11-12(16)14-3-7-17-8-4-14/h11H,2-10H2,1H3. The maximum absolute atomic E-state index is 12.2. The van der Waals surface area contributed by atoms with Crippen LogP contribution in [0.2, 0.25) is 0 Å². The lowest BCUT2D eigenvalue weighted by molar-refractivity contribution is -0.130. The van der Waals surface area contributed by atoms with Crippen molar-refractivity contribution in [3.63, 3.8) is 0 Å². The van der Waals surface area contributed by atoms with Gasteiger partial charge in [-0.25, -0.2) is 0 Å². The topological polar surface area (TPSA) is 51.2 Å². The van der Waals surface area contributed by atoms with Gasteiger partial charge in [-0.15, -0.1) is 0 Å². The molecule has 2 aliphatic heterocycles. The zero-order valence-corrected chi connectivity index (χ0v) is 11.5. The van der Waals surface area contributed by atoms with Crippen LogP contribution in [0.3, 0.4) is 0 Å². The molecule has 0 bridgehead atoms. The number of morpholine rings is 2. The molecule has 0 aromatic heterocycles. The van der Waals surface area contributed by atoms with Crippen molar-refractivity contribution in [2.45, 2.75) is 6.92 Å². The highest BCUT2D eigenvalue weighted by Crippen LogP contribution is 2.11. The Balaban J connectivity index is 1.99. The summed E-state index contributed by atoms with van der Waals surface area (Å²) >= 11 is 0. The van der Waals surface area contributed by atoms with Gasteiger partial charge in [-0.1, -0.05) is 0 Å². The summed E-state index contributed by atoms with van der Waals surface area (Å²) in [6.45, 7) is 7.89. The fourth-order valence-corrected chi connectivity index (χ4v) is 2.14. The number of nitrogens with zero attached hydrogens (tertiary/aromatic N) is 2. The first kappa shape index (κ1) is 14.1. The Bertz CT molecular complexity index is 321. The van der Waals surface area contributed by atoms with Crippen LogP contribution in [-0.4, -0.2) is 74.9 Å². The minimum absolute atomic E-state index is 0.00163. The molecule has 6 heteroatoms. The van der Waals surface area contributed by atoms with Crippen molar-refractivity contribution in [1.29, 1.82) is 0 Å².